The lowest BCUT2D eigenvalue weighted by Crippen LogP contribution is -2.10. The molecule has 102 valence electrons. The number of hydrogen-bond donors (Lipinski definition) is 3. The number of benzene rings is 1. The molecule has 10 heteroatoms. The Balaban J connectivity index is 0.00000180. The molecule has 0 unspecified atom stereocenters. The highest BCUT2D eigenvalue weighted by Crippen LogP contribution is 2.30. The molecule has 0 radical (unpaired) electrons. The van der Waals surface area contributed by atoms with Gasteiger partial charge in [0.05, 0.1) is 10.7 Å². The molecule has 0 aliphatic rings. The number of nitrogens with zero attached hydrogens (tertiary/aromatic N) is 4. The first-order valence-electron chi connectivity index (χ1n) is 4.70. The Morgan fingerprint density at radius 3 is 2.79 bits per heavy atom. The summed E-state index contributed by atoms with van der Waals surface area (Å²) in [6, 6.07) is 3.45. The number of aromatic hydroxyl groups is 1. The van der Waals surface area contributed by atoms with Gasteiger partial charge in [0.25, 0.3) is 5.95 Å². The lowest BCUT2D eigenvalue weighted by Gasteiger charge is -2.03. The van der Waals surface area contributed by atoms with Crippen molar-refractivity contribution in [2.24, 2.45) is 5.10 Å². The van der Waals surface area contributed by atoms with Gasteiger partial charge in [-0.05, 0) is 28.1 Å². The Hall–Kier alpha value is -1.32. The van der Waals surface area contributed by atoms with Crippen LogP contribution in [0.1, 0.15) is 5.56 Å². The number of rotatable bonds is 3. The molecule has 19 heavy (non-hydrogen) atoms. The fourth-order valence-corrected chi connectivity index (χ4v) is 2.42. The maximum atomic E-state index is 9.79. The minimum absolute atomic E-state index is 0. The number of hydrazone groups is 1. The van der Waals surface area contributed by atoms with Crippen molar-refractivity contribution >= 4 is 56.4 Å². The lowest BCUT2D eigenvalue weighted by atomic mass is 10.2. The number of aromatic nitrogens is 3. The molecule has 0 atom stereocenters. The number of nitrogens with two attached hydrogens (primary N) is 1. The van der Waals surface area contributed by atoms with E-state index in [-0.39, 0.29) is 18.2 Å². The largest absolute Gasteiger partial charge is 0.506 e. The van der Waals surface area contributed by atoms with Crippen LogP contribution in [0.3, 0.4) is 0 Å². The van der Waals surface area contributed by atoms with Gasteiger partial charge >= 0.3 is 0 Å². The molecule has 0 bridgehead atoms. The Morgan fingerprint density at radius 2 is 2.16 bits per heavy atom. The predicted octanol–water partition coefficient (Wildman–Crippen LogP) is 2.09. The molecule has 1 heterocycles. The first-order valence-corrected chi connectivity index (χ1v) is 6.28. The number of halogens is 3. The van der Waals surface area contributed by atoms with Crippen molar-refractivity contribution in [1.29, 1.82) is 0 Å². The number of hydrogen-bond acceptors (Lipinski definition) is 6. The van der Waals surface area contributed by atoms with Crippen LogP contribution in [0.2, 0.25) is 0 Å². The minimum Gasteiger partial charge on any atom is -0.506 e. The highest BCUT2D eigenvalue weighted by atomic mass is 79.9. The minimum atomic E-state index is 0. The zero-order chi connectivity index (χ0) is 13.1. The maximum Gasteiger partial charge on any atom is 0.263 e. The van der Waals surface area contributed by atoms with Crippen LogP contribution in [0.4, 0.5) is 5.95 Å². The van der Waals surface area contributed by atoms with E-state index in [1.807, 2.05) is 0 Å². The molecule has 0 saturated carbocycles. The Labute approximate surface area is 131 Å². The molecule has 1 aromatic heterocycles. The second kappa shape index (κ2) is 6.73. The molecule has 2 aromatic rings. The third-order valence-electron chi connectivity index (χ3n) is 2.00. The van der Waals surface area contributed by atoms with Crippen LogP contribution in [0.15, 0.2) is 32.5 Å². The zero-order valence-electron chi connectivity index (χ0n) is 9.29. The van der Waals surface area contributed by atoms with Crippen molar-refractivity contribution in [3.8, 4) is 5.75 Å². The third-order valence-corrected chi connectivity index (χ3v) is 3.06. The van der Waals surface area contributed by atoms with Crippen LogP contribution in [-0.4, -0.2) is 26.2 Å². The number of anilines is 1. The summed E-state index contributed by atoms with van der Waals surface area (Å²) in [5, 5.41) is 21.0. The average Bonchev–Trinajstić information content (AvgIpc) is 2.71. The molecule has 0 aliphatic heterocycles. The van der Waals surface area contributed by atoms with E-state index in [0.29, 0.717) is 16.0 Å². The van der Waals surface area contributed by atoms with Crippen molar-refractivity contribution in [1.82, 2.24) is 14.9 Å². The molecule has 4 N–H and O–H groups in total. The topological polar surface area (TPSA) is 101 Å². The summed E-state index contributed by atoms with van der Waals surface area (Å²) in [5.74, 6) is 5.88. The van der Waals surface area contributed by atoms with E-state index in [9.17, 15) is 5.11 Å². The summed E-state index contributed by atoms with van der Waals surface area (Å²) in [7, 11) is 0. The summed E-state index contributed by atoms with van der Waals surface area (Å²) >= 11 is 6.55. The Morgan fingerprint density at radius 1 is 1.42 bits per heavy atom. The van der Waals surface area contributed by atoms with Crippen LogP contribution in [0.25, 0.3) is 0 Å². The van der Waals surface area contributed by atoms with Crippen molar-refractivity contribution in [2.45, 2.75) is 0 Å². The third kappa shape index (κ3) is 3.82. The second-order valence-corrected chi connectivity index (χ2v) is 5.03. The summed E-state index contributed by atoms with van der Waals surface area (Å²) < 4.78 is 2.57. The zero-order valence-corrected chi connectivity index (χ0v) is 13.3. The van der Waals surface area contributed by atoms with Crippen LogP contribution in [-0.2, 0) is 0 Å². The van der Waals surface area contributed by atoms with Crippen LogP contribution in [0, 0.1) is 0 Å². The Bertz CT molecular complexity index is 602. The van der Waals surface area contributed by atoms with Crippen LogP contribution >= 0.6 is 44.3 Å². The monoisotopic (exact) mass is 410 g/mol. The molecule has 0 amide bonds. The first-order chi connectivity index (χ1) is 8.58. The summed E-state index contributed by atoms with van der Waals surface area (Å²) in [6.07, 6.45) is 2.78. The molecule has 0 saturated heterocycles. The van der Waals surface area contributed by atoms with Gasteiger partial charge in [0.1, 0.15) is 12.1 Å². The van der Waals surface area contributed by atoms with Gasteiger partial charge in [-0.25, -0.2) is 10.1 Å². The van der Waals surface area contributed by atoms with Crippen LogP contribution in [0.5, 0.6) is 5.75 Å². The van der Waals surface area contributed by atoms with Crippen molar-refractivity contribution < 1.29 is 5.11 Å². The average molecular weight is 412 g/mol. The standard InChI is InChI=1S/C9H8Br2N6O.ClH/c10-6-1-5(8(18)7(11)2-6)3-13-15-9-16-14-4-17(9)12;/h1-4,18H,12H2,(H,15,16);1H. The van der Waals surface area contributed by atoms with E-state index in [1.54, 1.807) is 12.1 Å². The molecular weight excluding hydrogens is 403 g/mol. The highest BCUT2D eigenvalue weighted by molar-refractivity contribution is 9.11. The summed E-state index contributed by atoms with van der Waals surface area (Å²) in [6.45, 7) is 0. The van der Waals surface area contributed by atoms with Crippen molar-refractivity contribution in [3.63, 3.8) is 0 Å². The smallest absolute Gasteiger partial charge is 0.263 e. The molecule has 0 aliphatic carbocycles. The summed E-state index contributed by atoms with van der Waals surface area (Å²) in [4.78, 5) is 0. The van der Waals surface area contributed by atoms with Crippen LogP contribution < -0.4 is 11.3 Å². The molecule has 2 rings (SSSR count). The van der Waals surface area contributed by atoms with Gasteiger partial charge in [-0.3, -0.25) is 0 Å². The summed E-state index contributed by atoms with van der Waals surface area (Å²) in [5.41, 5.74) is 3.13. The molecule has 7 nitrogen and oxygen atoms in total. The van der Waals surface area contributed by atoms with Gasteiger partial charge in [-0.1, -0.05) is 15.9 Å². The lowest BCUT2D eigenvalue weighted by molar-refractivity contribution is 0.471. The molecule has 0 spiro atoms. The quantitative estimate of drug-likeness (QED) is 0.407. The number of phenols is 1. The maximum absolute atomic E-state index is 9.79. The van der Waals surface area contributed by atoms with E-state index in [1.165, 1.54) is 17.2 Å². The highest BCUT2D eigenvalue weighted by Gasteiger charge is 2.05. The number of nitrogen functional groups attached to an aromatic ring is 1. The van der Waals surface area contributed by atoms with E-state index in [0.717, 1.165) is 4.47 Å². The van der Waals surface area contributed by atoms with E-state index >= 15 is 0 Å². The van der Waals surface area contributed by atoms with Gasteiger partial charge in [-0.2, -0.15) is 5.10 Å². The normalized spacial score (nSPS) is 10.4. The van der Waals surface area contributed by atoms with Gasteiger partial charge in [-0.15, -0.1) is 22.6 Å². The molecule has 1 aromatic carbocycles. The van der Waals surface area contributed by atoms with Crippen molar-refractivity contribution in [3.05, 3.63) is 33.0 Å². The molecule has 0 fully saturated rings. The SMILES string of the molecule is Cl.Nn1cnnc1NN=Cc1cc(Br)cc(Br)c1O. The Kier molecular flexibility index (Phi) is 5.58. The van der Waals surface area contributed by atoms with Gasteiger partial charge in [0.15, 0.2) is 0 Å². The second-order valence-electron chi connectivity index (χ2n) is 3.26. The van der Waals surface area contributed by atoms with E-state index in [2.05, 4.69) is 52.6 Å². The number of nitrogens with one attached hydrogen (secondary N) is 1. The fraction of sp³-hybridized carbons (Fsp3) is 0. The number of phenolic OH excluding ortho intramolecular Hbond substituents is 1. The van der Waals surface area contributed by atoms with Gasteiger partial charge in [0.2, 0.25) is 0 Å². The predicted molar refractivity (Wildman–Crippen MR) is 82.1 cm³/mol. The van der Waals surface area contributed by atoms with E-state index < -0.39 is 0 Å². The fourth-order valence-electron chi connectivity index (χ4n) is 1.17. The first kappa shape index (κ1) is 15.7. The molecular formula is C9H9Br2ClN6O. The van der Waals surface area contributed by atoms with Gasteiger partial charge < -0.3 is 10.9 Å². The van der Waals surface area contributed by atoms with Crippen molar-refractivity contribution in [2.75, 3.05) is 11.3 Å². The van der Waals surface area contributed by atoms with Gasteiger partial charge in [0, 0.05) is 10.0 Å². The van der Waals surface area contributed by atoms with E-state index in [4.69, 9.17) is 5.84 Å².